The van der Waals surface area contributed by atoms with Gasteiger partial charge in [0.2, 0.25) is 0 Å². The van der Waals surface area contributed by atoms with Gasteiger partial charge in [0, 0.05) is 17.3 Å². The molecule has 0 atom stereocenters. The number of thiazole rings is 1. The molecule has 2 rings (SSSR count). The zero-order valence-electron chi connectivity index (χ0n) is 9.81. The second-order valence-electron chi connectivity index (χ2n) is 3.69. The molecule has 0 aliphatic carbocycles. The van der Waals surface area contributed by atoms with Crippen molar-refractivity contribution in [2.75, 3.05) is 5.32 Å². The van der Waals surface area contributed by atoms with E-state index in [-0.39, 0.29) is 5.56 Å². The second kappa shape index (κ2) is 5.68. The molecule has 0 unspecified atom stereocenters. The van der Waals surface area contributed by atoms with Crippen molar-refractivity contribution in [3.63, 3.8) is 0 Å². The number of hydrogen-bond donors (Lipinski definition) is 1. The van der Waals surface area contributed by atoms with Crippen LogP contribution in [0.15, 0.2) is 24.7 Å². The average Bonchev–Trinajstić information content (AvgIpc) is 2.77. The van der Waals surface area contributed by atoms with Gasteiger partial charge in [-0.2, -0.15) is 0 Å². The number of halogens is 1. The molecule has 1 N–H and O–H groups in total. The first kappa shape index (κ1) is 12.6. The van der Waals surface area contributed by atoms with Gasteiger partial charge >= 0.3 is 0 Å². The summed E-state index contributed by atoms with van der Waals surface area (Å²) >= 11 is 1.41. The predicted octanol–water partition coefficient (Wildman–Crippen LogP) is 2.88. The van der Waals surface area contributed by atoms with Crippen LogP contribution in [0, 0.1) is 5.82 Å². The smallest absolute Gasteiger partial charge is 0.260 e. The largest absolute Gasteiger partial charge is 0.298 e. The van der Waals surface area contributed by atoms with Crippen LogP contribution in [0.4, 0.5) is 9.52 Å². The molecule has 2 heterocycles. The molecule has 4 nitrogen and oxygen atoms in total. The monoisotopic (exact) mass is 265 g/mol. The van der Waals surface area contributed by atoms with E-state index in [9.17, 15) is 9.18 Å². The number of rotatable bonds is 4. The fraction of sp³-hybridized carbons (Fsp3) is 0.250. The van der Waals surface area contributed by atoms with Crippen molar-refractivity contribution in [1.29, 1.82) is 0 Å². The van der Waals surface area contributed by atoms with Gasteiger partial charge < -0.3 is 0 Å². The molecule has 0 fully saturated rings. The maximum Gasteiger partial charge on any atom is 0.260 e. The zero-order valence-corrected chi connectivity index (χ0v) is 10.6. The lowest BCUT2D eigenvalue weighted by Gasteiger charge is -2.01. The van der Waals surface area contributed by atoms with Gasteiger partial charge in [-0.25, -0.2) is 9.37 Å². The first-order valence-electron chi connectivity index (χ1n) is 5.56. The Hall–Kier alpha value is -1.82. The van der Waals surface area contributed by atoms with Crippen LogP contribution >= 0.6 is 11.3 Å². The Labute approximate surface area is 108 Å². The number of carbonyl (C=O) groups is 1. The second-order valence-corrected chi connectivity index (χ2v) is 4.81. The van der Waals surface area contributed by atoms with Crippen LogP contribution < -0.4 is 5.32 Å². The summed E-state index contributed by atoms with van der Waals surface area (Å²) in [4.78, 5) is 20.6. The van der Waals surface area contributed by atoms with Crippen molar-refractivity contribution >= 4 is 22.4 Å². The van der Waals surface area contributed by atoms with Crippen LogP contribution in [0.3, 0.4) is 0 Å². The van der Waals surface area contributed by atoms with Crippen LogP contribution in [0.1, 0.15) is 28.6 Å². The highest BCUT2D eigenvalue weighted by molar-refractivity contribution is 7.15. The highest BCUT2D eigenvalue weighted by atomic mass is 32.1. The summed E-state index contributed by atoms with van der Waals surface area (Å²) in [7, 11) is 0. The Morgan fingerprint density at radius 2 is 2.33 bits per heavy atom. The summed E-state index contributed by atoms with van der Waals surface area (Å²) in [5.41, 5.74) is -0.0303. The topological polar surface area (TPSA) is 54.9 Å². The van der Waals surface area contributed by atoms with E-state index in [0.717, 1.165) is 23.9 Å². The molecule has 0 aliphatic heterocycles. The third-order valence-electron chi connectivity index (χ3n) is 2.29. The third-order valence-corrected chi connectivity index (χ3v) is 3.26. The van der Waals surface area contributed by atoms with Crippen LogP contribution in [0.25, 0.3) is 0 Å². The number of aryl methyl sites for hydroxylation is 1. The maximum absolute atomic E-state index is 13.3. The molecule has 0 spiro atoms. The Balaban J connectivity index is 2.09. The molecule has 2 aromatic rings. The fourth-order valence-electron chi connectivity index (χ4n) is 1.45. The number of aromatic nitrogens is 2. The summed E-state index contributed by atoms with van der Waals surface area (Å²) in [6, 6.07) is 1.34. The molecule has 0 saturated carbocycles. The van der Waals surface area contributed by atoms with Crippen molar-refractivity contribution in [3.8, 4) is 0 Å². The number of anilines is 1. The standard InChI is InChI=1S/C12H12FN3OS/c1-2-3-8-6-15-12(18-8)16-11(17)9-4-5-14-7-10(9)13/h4-7H,2-3H2,1H3,(H,15,16,17). The van der Waals surface area contributed by atoms with Crippen molar-refractivity contribution in [3.05, 3.63) is 40.9 Å². The molecule has 0 bridgehead atoms. The van der Waals surface area contributed by atoms with E-state index in [1.165, 1.54) is 23.6 Å². The predicted molar refractivity (Wildman–Crippen MR) is 68.3 cm³/mol. The molecule has 0 aromatic carbocycles. The van der Waals surface area contributed by atoms with E-state index in [1.807, 2.05) is 0 Å². The van der Waals surface area contributed by atoms with Crippen LogP contribution in [0.5, 0.6) is 0 Å². The Kier molecular flexibility index (Phi) is 3.99. The van der Waals surface area contributed by atoms with Crippen molar-refractivity contribution in [2.24, 2.45) is 0 Å². The molecule has 2 aromatic heterocycles. The summed E-state index contributed by atoms with van der Waals surface area (Å²) < 4.78 is 13.3. The van der Waals surface area contributed by atoms with E-state index in [4.69, 9.17) is 0 Å². The van der Waals surface area contributed by atoms with Gasteiger partial charge in [0.25, 0.3) is 5.91 Å². The fourth-order valence-corrected chi connectivity index (χ4v) is 2.36. The maximum atomic E-state index is 13.3. The van der Waals surface area contributed by atoms with E-state index >= 15 is 0 Å². The molecule has 1 amide bonds. The van der Waals surface area contributed by atoms with Gasteiger partial charge in [-0.1, -0.05) is 13.3 Å². The van der Waals surface area contributed by atoms with Gasteiger partial charge in [0.15, 0.2) is 10.9 Å². The van der Waals surface area contributed by atoms with Gasteiger partial charge in [-0.05, 0) is 12.5 Å². The van der Waals surface area contributed by atoms with E-state index < -0.39 is 11.7 Å². The van der Waals surface area contributed by atoms with Gasteiger partial charge in [-0.15, -0.1) is 11.3 Å². The van der Waals surface area contributed by atoms with Crippen molar-refractivity contribution < 1.29 is 9.18 Å². The minimum Gasteiger partial charge on any atom is -0.298 e. The quantitative estimate of drug-likeness (QED) is 0.924. The number of carbonyl (C=O) groups excluding carboxylic acids is 1. The molecule has 0 radical (unpaired) electrons. The van der Waals surface area contributed by atoms with Gasteiger partial charge in [-0.3, -0.25) is 15.1 Å². The lowest BCUT2D eigenvalue weighted by Crippen LogP contribution is -2.13. The summed E-state index contributed by atoms with van der Waals surface area (Å²) in [5.74, 6) is -1.15. The lowest BCUT2D eigenvalue weighted by atomic mass is 10.2. The molecule has 0 saturated heterocycles. The van der Waals surface area contributed by atoms with Gasteiger partial charge in [0.1, 0.15) is 0 Å². The lowest BCUT2D eigenvalue weighted by molar-refractivity contribution is 0.102. The molecular formula is C12H12FN3OS. The average molecular weight is 265 g/mol. The minimum absolute atomic E-state index is 0.0303. The minimum atomic E-state index is -0.639. The van der Waals surface area contributed by atoms with E-state index in [2.05, 4.69) is 22.2 Å². The number of pyridine rings is 1. The molecular weight excluding hydrogens is 253 g/mol. The van der Waals surface area contributed by atoms with Crippen LogP contribution in [-0.4, -0.2) is 15.9 Å². The molecule has 94 valence electrons. The Morgan fingerprint density at radius 3 is 3.06 bits per heavy atom. The normalized spacial score (nSPS) is 10.3. The van der Waals surface area contributed by atoms with Gasteiger partial charge in [0.05, 0.1) is 11.8 Å². The zero-order chi connectivity index (χ0) is 13.0. The van der Waals surface area contributed by atoms with Crippen LogP contribution in [-0.2, 0) is 6.42 Å². The molecule has 18 heavy (non-hydrogen) atoms. The van der Waals surface area contributed by atoms with Crippen molar-refractivity contribution in [2.45, 2.75) is 19.8 Å². The van der Waals surface area contributed by atoms with Crippen LogP contribution in [0.2, 0.25) is 0 Å². The number of hydrogen-bond acceptors (Lipinski definition) is 4. The summed E-state index contributed by atoms with van der Waals surface area (Å²) in [6.07, 6.45) is 6.07. The number of nitrogens with one attached hydrogen (secondary N) is 1. The third kappa shape index (κ3) is 2.89. The summed E-state index contributed by atoms with van der Waals surface area (Å²) in [5, 5.41) is 3.06. The molecule has 6 heteroatoms. The first-order chi connectivity index (χ1) is 8.70. The summed E-state index contributed by atoms with van der Waals surface area (Å²) in [6.45, 7) is 2.07. The Morgan fingerprint density at radius 1 is 1.50 bits per heavy atom. The highest BCUT2D eigenvalue weighted by Gasteiger charge is 2.13. The highest BCUT2D eigenvalue weighted by Crippen LogP contribution is 2.20. The van der Waals surface area contributed by atoms with E-state index in [0.29, 0.717) is 5.13 Å². The van der Waals surface area contributed by atoms with Crippen molar-refractivity contribution in [1.82, 2.24) is 9.97 Å². The van der Waals surface area contributed by atoms with E-state index in [1.54, 1.807) is 6.20 Å². The number of amides is 1. The molecule has 0 aliphatic rings. The number of nitrogens with zero attached hydrogens (tertiary/aromatic N) is 2. The first-order valence-corrected chi connectivity index (χ1v) is 6.38. The Bertz CT molecular complexity index is 556. The SMILES string of the molecule is CCCc1cnc(NC(=O)c2ccncc2F)s1.